The average molecular weight is 415 g/mol. The largest absolute Gasteiger partial charge is 0.416 e. The number of carbonyl (C=O) groups is 1. The van der Waals surface area contributed by atoms with Crippen molar-refractivity contribution in [3.05, 3.63) is 71.1 Å². The van der Waals surface area contributed by atoms with Crippen LogP contribution in [0.5, 0.6) is 0 Å². The van der Waals surface area contributed by atoms with E-state index >= 15 is 0 Å². The highest BCUT2D eigenvalue weighted by Gasteiger charge is 2.31. The molecule has 0 radical (unpaired) electrons. The molecule has 0 N–H and O–H groups in total. The minimum Gasteiger partial charge on any atom is -0.339 e. The van der Waals surface area contributed by atoms with Gasteiger partial charge in [-0.2, -0.15) is 18.2 Å². The fourth-order valence-corrected chi connectivity index (χ4v) is 3.53. The predicted molar refractivity (Wildman–Crippen MR) is 104 cm³/mol. The molecular weight excluding hydrogens is 395 g/mol. The molecule has 30 heavy (non-hydrogen) atoms. The van der Waals surface area contributed by atoms with Crippen molar-refractivity contribution in [3.63, 3.8) is 0 Å². The van der Waals surface area contributed by atoms with Crippen molar-refractivity contribution in [1.82, 2.24) is 15.0 Å². The van der Waals surface area contributed by atoms with Crippen LogP contribution in [0.2, 0.25) is 0 Å². The smallest absolute Gasteiger partial charge is 0.339 e. The maximum Gasteiger partial charge on any atom is 0.416 e. The number of rotatable bonds is 3. The summed E-state index contributed by atoms with van der Waals surface area (Å²) in [6.07, 6.45) is -3.11. The lowest BCUT2D eigenvalue weighted by atomic mass is 9.96. The molecule has 1 fully saturated rings. The van der Waals surface area contributed by atoms with Crippen LogP contribution in [0.4, 0.5) is 13.2 Å². The summed E-state index contributed by atoms with van der Waals surface area (Å²) in [5.74, 6) is 0.863. The first kappa shape index (κ1) is 20.1. The Morgan fingerprint density at radius 3 is 2.27 bits per heavy atom. The van der Waals surface area contributed by atoms with Crippen molar-refractivity contribution in [2.45, 2.75) is 31.9 Å². The third kappa shape index (κ3) is 4.22. The normalized spacial score (nSPS) is 15.4. The Morgan fingerprint density at radius 1 is 1.03 bits per heavy atom. The third-order valence-corrected chi connectivity index (χ3v) is 5.34. The Labute approximate surface area is 171 Å². The Morgan fingerprint density at radius 2 is 1.67 bits per heavy atom. The predicted octanol–water partition coefficient (Wildman–Crippen LogP) is 5.08. The molecule has 1 aliphatic heterocycles. The fourth-order valence-electron chi connectivity index (χ4n) is 3.53. The van der Waals surface area contributed by atoms with Gasteiger partial charge in [0.15, 0.2) is 0 Å². The molecule has 0 atom stereocenters. The summed E-state index contributed by atoms with van der Waals surface area (Å²) in [6, 6.07) is 12.2. The lowest BCUT2D eigenvalue weighted by Crippen LogP contribution is -2.38. The average Bonchev–Trinajstić information content (AvgIpc) is 3.24. The van der Waals surface area contributed by atoms with E-state index in [1.807, 2.05) is 31.2 Å². The van der Waals surface area contributed by atoms with Gasteiger partial charge in [0, 0.05) is 30.1 Å². The molecule has 0 saturated carbocycles. The molecule has 156 valence electrons. The second-order valence-electron chi connectivity index (χ2n) is 7.46. The quantitative estimate of drug-likeness (QED) is 0.598. The standard InChI is InChI=1S/C22H20F3N3O2/c1-14-2-4-15(5-3-14)19-26-20(30-27-19)16-10-12-28(13-11-16)21(29)17-6-8-18(9-7-17)22(23,24)25/h2-9,16H,10-13H2,1H3. The Balaban J connectivity index is 1.38. The number of piperidine rings is 1. The van der Waals surface area contributed by atoms with E-state index in [2.05, 4.69) is 10.1 Å². The van der Waals surface area contributed by atoms with Gasteiger partial charge in [-0.05, 0) is 44.0 Å². The molecule has 8 heteroatoms. The monoisotopic (exact) mass is 415 g/mol. The zero-order chi connectivity index (χ0) is 21.3. The van der Waals surface area contributed by atoms with E-state index in [9.17, 15) is 18.0 Å². The van der Waals surface area contributed by atoms with Crippen molar-refractivity contribution in [2.75, 3.05) is 13.1 Å². The highest BCUT2D eigenvalue weighted by Crippen LogP contribution is 2.31. The molecule has 0 spiro atoms. The first-order chi connectivity index (χ1) is 14.3. The number of alkyl halides is 3. The van der Waals surface area contributed by atoms with Crippen molar-refractivity contribution < 1.29 is 22.5 Å². The molecular formula is C22H20F3N3O2. The molecule has 2 heterocycles. The number of nitrogens with zero attached hydrogens (tertiary/aromatic N) is 3. The number of amides is 1. The van der Waals surface area contributed by atoms with Gasteiger partial charge in [-0.25, -0.2) is 0 Å². The number of benzene rings is 2. The van der Waals surface area contributed by atoms with Crippen LogP contribution in [0.1, 0.15) is 46.1 Å². The Bertz CT molecular complexity index is 1020. The van der Waals surface area contributed by atoms with Gasteiger partial charge in [0.1, 0.15) is 0 Å². The molecule has 0 bridgehead atoms. The first-order valence-corrected chi connectivity index (χ1v) is 9.68. The van der Waals surface area contributed by atoms with Crippen LogP contribution in [0, 0.1) is 6.92 Å². The van der Waals surface area contributed by atoms with Gasteiger partial charge in [0.25, 0.3) is 5.91 Å². The van der Waals surface area contributed by atoms with Crippen molar-refractivity contribution >= 4 is 5.91 Å². The highest BCUT2D eigenvalue weighted by molar-refractivity contribution is 5.94. The van der Waals surface area contributed by atoms with Crippen molar-refractivity contribution in [2.24, 2.45) is 0 Å². The summed E-state index contributed by atoms with van der Waals surface area (Å²) >= 11 is 0. The number of aryl methyl sites for hydroxylation is 1. The molecule has 3 aromatic rings. The lowest BCUT2D eigenvalue weighted by Gasteiger charge is -2.30. The molecule has 2 aromatic carbocycles. The van der Waals surface area contributed by atoms with Gasteiger partial charge in [-0.15, -0.1) is 0 Å². The third-order valence-electron chi connectivity index (χ3n) is 5.34. The maximum atomic E-state index is 12.7. The van der Waals surface area contributed by atoms with Crippen LogP contribution in [-0.4, -0.2) is 34.0 Å². The molecule has 5 nitrogen and oxygen atoms in total. The number of aromatic nitrogens is 2. The summed E-state index contributed by atoms with van der Waals surface area (Å²) in [4.78, 5) is 18.8. The van der Waals surface area contributed by atoms with E-state index in [1.165, 1.54) is 12.1 Å². The molecule has 1 amide bonds. The van der Waals surface area contributed by atoms with Gasteiger partial charge >= 0.3 is 6.18 Å². The van der Waals surface area contributed by atoms with Gasteiger partial charge in [-0.3, -0.25) is 4.79 Å². The topological polar surface area (TPSA) is 59.2 Å². The molecule has 0 unspecified atom stereocenters. The summed E-state index contributed by atoms with van der Waals surface area (Å²) in [6.45, 7) is 2.96. The second kappa shape index (κ2) is 7.93. The van der Waals surface area contributed by atoms with E-state index in [0.717, 1.165) is 23.3 Å². The van der Waals surface area contributed by atoms with Crippen molar-refractivity contribution in [1.29, 1.82) is 0 Å². The van der Waals surface area contributed by atoms with Crippen LogP contribution < -0.4 is 0 Å². The number of carbonyl (C=O) groups excluding carboxylic acids is 1. The van der Waals surface area contributed by atoms with Gasteiger partial charge < -0.3 is 9.42 Å². The highest BCUT2D eigenvalue weighted by atomic mass is 19.4. The summed E-state index contributed by atoms with van der Waals surface area (Å²) in [5, 5.41) is 4.06. The Hall–Kier alpha value is -3.16. The molecule has 1 aliphatic rings. The van der Waals surface area contributed by atoms with Gasteiger partial charge in [-0.1, -0.05) is 35.0 Å². The summed E-state index contributed by atoms with van der Waals surface area (Å²) in [7, 11) is 0. The van der Waals surface area contributed by atoms with E-state index in [1.54, 1.807) is 4.90 Å². The van der Waals surface area contributed by atoms with Gasteiger partial charge in [0.2, 0.25) is 11.7 Å². The molecule has 1 aromatic heterocycles. The van der Waals surface area contributed by atoms with Crippen LogP contribution in [0.3, 0.4) is 0 Å². The lowest BCUT2D eigenvalue weighted by molar-refractivity contribution is -0.137. The maximum absolute atomic E-state index is 12.7. The van der Waals surface area contributed by atoms with E-state index in [4.69, 9.17) is 4.52 Å². The number of halogens is 3. The zero-order valence-electron chi connectivity index (χ0n) is 16.3. The molecule has 1 saturated heterocycles. The van der Waals surface area contributed by atoms with E-state index in [-0.39, 0.29) is 17.4 Å². The van der Waals surface area contributed by atoms with Gasteiger partial charge in [0.05, 0.1) is 5.56 Å². The Kier molecular flexibility index (Phi) is 5.32. The number of hydrogen-bond donors (Lipinski definition) is 0. The van der Waals surface area contributed by atoms with Crippen LogP contribution in [0.25, 0.3) is 11.4 Å². The minimum absolute atomic E-state index is 0.0494. The van der Waals surface area contributed by atoms with E-state index < -0.39 is 11.7 Å². The molecule has 4 rings (SSSR count). The van der Waals surface area contributed by atoms with Crippen molar-refractivity contribution in [3.8, 4) is 11.4 Å². The SMILES string of the molecule is Cc1ccc(-c2noc(C3CCN(C(=O)c4ccc(C(F)(F)F)cc4)CC3)n2)cc1. The zero-order valence-corrected chi connectivity index (χ0v) is 16.3. The summed E-state index contributed by atoms with van der Waals surface area (Å²) in [5.41, 5.74) is 1.51. The second-order valence-corrected chi connectivity index (χ2v) is 7.46. The van der Waals surface area contributed by atoms with Crippen LogP contribution in [-0.2, 0) is 6.18 Å². The molecule has 0 aliphatic carbocycles. The van der Waals surface area contributed by atoms with E-state index in [0.29, 0.717) is 37.6 Å². The number of hydrogen-bond acceptors (Lipinski definition) is 4. The number of likely N-dealkylation sites (tertiary alicyclic amines) is 1. The first-order valence-electron chi connectivity index (χ1n) is 9.68. The summed E-state index contributed by atoms with van der Waals surface area (Å²) < 4.78 is 43.5. The van der Waals surface area contributed by atoms with Crippen LogP contribution in [0.15, 0.2) is 53.1 Å². The fraction of sp³-hybridized carbons (Fsp3) is 0.318. The minimum atomic E-state index is -4.42. The van der Waals surface area contributed by atoms with Crippen LogP contribution >= 0.6 is 0 Å².